The predicted molar refractivity (Wildman–Crippen MR) is 66.4 cm³/mol. The zero-order valence-electron chi connectivity index (χ0n) is 10.5. The topological polar surface area (TPSA) is 35.5 Å². The summed E-state index contributed by atoms with van der Waals surface area (Å²) in [6.07, 6.45) is 5.68. The van der Waals surface area contributed by atoms with Gasteiger partial charge in [-0.25, -0.2) is 0 Å². The second-order valence-electron chi connectivity index (χ2n) is 5.52. The molecule has 3 nitrogen and oxygen atoms in total. The average molecular weight is 226 g/mol. The Kier molecular flexibility index (Phi) is 4.62. The lowest BCUT2D eigenvalue weighted by Gasteiger charge is -2.38. The first kappa shape index (κ1) is 12.3. The van der Waals surface area contributed by atoms with Crippen LogP contribution in [0.15, 0.2) is 0 Å². The molecule has 1 heterocycles. The van der Waals surface area contributed by atoms with Crippen LogP contribution in [0, 0.1) is 11.8 Å². The number of β-amino-alcohol motifs (C(OH)–C–C–N with tert-alkyl or cyclic N) is 1. The Labute approximate surface area is 99.2 Å². The van der Waals surface area contributed by atoms with E-state index in [4.69, 9.17) is 5.11 Å². The minimum absolute atomic E-state index is 0.301. The highest BCUT2D eigenvalue weighted by Gasteiger charge is 2.31. The minimum atomic E-state index is 0.301. The molecule has 3 heteroatoms. The number of nitrogens with zero attached hydrogens (tertiary/aromatic N) is 1. The first-order chi connectivity index (χ1) is 7.81. The summed E-state index contributed by atoms with van der Waals surface area (Å²) in [5, 5.41) is 12.6. The number of aliphatic hydroxyl groups is 1. The van der Waals surface area contributed by atoms with Crippen LogP contribution in [-0.2, 0) is 0 Å². The second-order valence-corrected chi connectivity index (χ2v) is 5.52. The quantitative estimate of drug-likeness (QED) is 0.711. The number of nitrogens with one attached hydrogen (secondary N) is 1. The van der Waals surface area contributed by atoms with Crippen molar-refractivity contribution in [3.63, 3.8) is 0 Å². The lowest BCUT2D eigenvalue weighted by Crippen LogP contribution is -2.50. The summed E-state index contributed by atoms with van der Waals surface area (Å²) in [4.78, 5) is 2.43. The van der Waals surface area contributed by atoms with Gasteiger partial charge in [0.25, 0.3) is 0 Å². The van der Waals surface area contributed by atoms with Crippen LogP contribution in [0.1, 0.15) is 32.6 Å². The molecule has 2 N–H and O–H groups in total. The van der Waals surface area contributed by atoms with Crippen LogP contribution < -0.4 is 5.32 Å². The minimum Gasteiger partial charge on any atom is -0.395 e. The molecule has 1 saturated heterocycles. The van der Waals surface area contributed by atoms with Gasteiger partial charge in [0, 0.05) is 25.7 Å². The summed E-state index contributed by atoms with van der Waals surface area (Å²) in [5.41, 5.74) is 0. The van der Waals surface area contributed by atoms with E-state index < -0.39 is 0 Å². The Balaban J connectivity index is 1.81. The highest BCUT2D eigenvalue weighted by Crippen LogP contribution is 2.37. The summed E-state index contributed by atoms with van der Waals surface area (Å²) in [6.45, 7) is 6.72. The number of hydrogen-bond acceptors (Lipinski definition) is 3. The van der Waals surface area contributed by atoms with Gasteiger partial charge in [-0.3, -0.25) is 4.90 Å². The molecule has 1 aliphatic carbocycles. The SMILES string of the molecule is CCNC1CC(CC2CC2)CN(CCO)C1. The number of likely N-dealkylation sites (N-methyl/N-ethyl adjacent to an activating group) is 1. The fraction of sp³-hybridized carbons (Fsp3) is 1.00. The Morgan fingerprint density at radius 3 is 2.69 bits per heavy atom. The molecule has 0 aromatic heterocycles. The fourth-order valence-electron chi connectivity index (χ4n) is 3.06. The number of aliphatic hydroxyl groups excluding tert-OH is 1. The molecule has 2 atom stereocenters. The van der Waals surface area contributed by atoms with Gasteiger partial charge < -0.3 is 10.4 Å². The van der Waals surface area contributed by atoms with Crippen LogP contribution >= 0.6 is 0 Å². The van der Waals surface area contributed by atoms with Gasteiger partial charge in [-0.15, -0.1) is 0 Å². The molecule has 2 aliphatic rings. The molecule has 2 unspecified atom stereocenters. The first-order valence-corrected chi connectivity index (χ1v) is 6.88. The van der Waals surface area contributed by atoms with E-state index in [0.29, 0.717) is 12.6 Å². The third kappa shape index (κ3) is 3.72. The Hall–Kier alpha value is -0.120. The van der Waals surface area contributed by atoms with Crippen molar-refractivity contribution in [2.24, 2.45) is 11.8 Å². The van der Waals surface area contributed by atoms with Gasteiger partial charge >= 0.3 is 0 Å². The van der Waals surface area contributed by atoms with E-state index in [0.717, 1.165) is 31.5 Å². The van der Waals surface area contributed by atoms with Crippen LogP contribution in [0.5, 0.6) is 0 Å². The highest BCUT2D eigenvalue weighted by atomic mass is 16.3. The molecule has 94 valence electrons. The largest absolute Gasteiger partial charge is 0.395 e. The van der Waals surface area contributed by atoms with E-state index in [2.05, 4.69) is 17.1 Å². The lowest BCUT2D eigenvalue weighted by molar-refractivity contribution is 0.110. The highest BCUT2D eigenvalue weighted by molar-refractivity contribution is 4.86. The Morgan fingerprint density at radius 2 is 2.06 bits per heavy atom. The molecule has 0 aromatic carbocycles. The summed E-state index contributed by atoms with van der Waals surface area (Å²) < 4.78 is 0. The monoisotopic (exact) mass is 226 g/mol. The molecular weight excluding hydrogens is 200 g/mol. The summed E-state index contributed by atoms with van der Waals surface area (Å²) in [7, 11) is 0. The van der Waals surface area contributed by atoms with Gasteiger partial charge in [0.2, 0.25) is 0 Å². The van der Waals surface area contributed by atoms with Crippen molar-refractivity contribution in [1.82, 2.24) is 10.2 Å². The van der Waals surface area contributed by atoms with Crippen LogP contribution in [0.2, 0.25) is 0 Å². The molecule has 0 bridgehead atoms. The normalized spacial score (nSPS) is 31.9. The zero-order valence-corrected chi connectivity index (χ0v) is 10.5. The van der Waals surface area contributed by atoms with Crippen molar-refractivity contribution in [1.29, 1.82) is 0 Å². The van der Waals surface area contributed by atoms with E-state index in [9.17, 15) is 0 Å². The van der Waals surface area contributed by atoms with E-state index >= 15 is 0 Å². The van der Waals surface area contributed by atoms with Crippen molar-refractivity contribution < 1.29 is 5.11 Å². The van der Waals surface area contributed by atoms with Crippen molar-refractivity contribution in [3.05, 3.63) is 0 Å². The van der Waals surface area contributed by atoms with E-state index in [1.807, 2.05) is 0 Å². The smallest absolute Gasteiger partial charge is 0.0558 e. The summed E-state index contributed by atoms with van der Waals surface area (Å²) in [6, 6.07) is 0.647. The van der Waals surface area contributed by atoms with E-state index in [-0.39, 0.29) is 0 Å². The molecular formula is C13H26N2O. The van der Waals surface area contributed by atoms with Crippen LogP contribution in [0.4, 0.5) is 0 Å². The van der Waals surface area contributed by atoms with Gasteiger partial charge in [-0.2, -0.15) is 0 Å². The second kappa shape index (κ2) is 5.99. The molecule has 2 fully saturated rings. The summed E-state index contributed by atoms with van der Waals surface area (Å²) in [5.74, 6) is 1.89. The molecule has 16 heavy (non-hydrogen) atoms. The Bertz CT molecular complexity index is 192. The first-order valence-electron chi connectivity index (χ1n) is 6.88. The molecule has 0 spiro atoms. The number of piperidine rings is 1. The third-order valence-electron chi connectivity index (χ3n) is 3.89. The molecule has 0 amide bonds. The summed E-state index contributed by atoms with van der Waals surface area (Å²) >= 11 is 0. The maximum atomic E-state index is 9.05. The fourth-order valence-corrected chi connectivity index (χ4v) is 3.06. The van der Waals surface area contributed by atoms with Gasteiger partial charge in [-0.1, -0.05) is 19.8 Å². The van der Waals surface area contributed by atoms with Gasteiger partial charge in [0.05, 0.1) is 6.61 Å². The third-order valence-corrected chi connectivity index (χ3v) is 3.89. The van der Waals surface area contributed by atoms with Crippen molar-refractivity contribution >= 4 is 0 Å². The number of likely N-dealkylation sites (tertiary alicyclic amines) is 1. The van der Waals surface area contributed by atoms with Crippen molar-refractivity contribution in [2.75, 3.05) is 32.8 Å². The standard InChI is InChI=1S/C13H26N2O/c1-2-14-13-8-12(7-11-3-4-11)9-15(10-13)5-6-16/h11-14,16H,2-10H2,1H3. The molecule has 0 aromatic rings. The van der Waals surface area contributed by atoms with Gasteiger partial charge in [0.1, 0.15) is 0 Å². The number of hydrogen-bond donors (Lipinski definition) is 2. The maximum absolute atomic E-state index is 9.05. The molecule has 1 saturated carbocycles. The average Bonchev–Trinajstić information content (AvgIpc) is 3.02. The van der Waals surface area contributed by atoms with Crippen molar-refractivity contribution in [2.45, 2.75) is 38.6 Å². The van der Waals surface area contributed by atoms with Crippen LogP contribution in [0.3, 0.4) is 0 Å². The molecule has 1 aliphatic heterocycles. The Morgan fingerprint density at radius 1 is 1.25 bits per heavy atom. The van der Waals surface area contributed by atoms with Crippen molar-refractivity contribution in [3.8, 4) is 0 Å². The van der Waals surface area contributed by atoms with Crippen LogP contribution in [0.25, 0.3) is 0 Å². The number of rotatable bonds is 6. The van der Waals surface area contributed by atoms with Gasteiger partial charge in [-0.05, 0) is 31.2 Å². The zero-order chi connectivity index (χ0) is 11.4. The van der Waals surface area contributed by atoms with E-state index in [1.165, 1.54) is 32.2 Å². The van der Waals surface area contributed by atoms with Gasteiger partial charge in [0.15, 0.2) is 0 Å². The maximum Gasteiger partial charge on any atom is 0.0558 e. The predicted octanol–water partition coefficient (Wildman–Crippen LogP) is 1.08. The van der Waals surface area contributed by atoms with Crippen LogP contribution in [-0.4, -0.2) is 48.8 Å². The van der Waals surface area contributed by atoms with E-state index in [1.54, 1.807) is 0 Å². The lowest BCUT2D eigenvalue weighted by atomic mass is 9.89. The molecule has 2 rings (SSSR count). The molecule has 0 radical (unpaired) electrons.